The van der Waals surface area contributed by atoms with Gasteiger partial charge in [0, 0.05) is 18.8 Å². The van der Waals surface area contributed by atoms with Crippen LogP contribution in [0, 0.1) is 5.82 Å². The van der Waals surface area contributed by atoms with Gasteiger partial charge in [0.05, 0.1) is 17.7 Å². The van der Waals surface area contributed by atoms with Gasteiger partial charge < -0.3 is 16.0 Å². The van der Waals surface area contributed by atoms with E-state index in [4.69, 9.17) is 5.73 Å². The zero-order valence-corrected chi connectivity index (χ0v) is 11.6. The molecule has 4 N–H and O–H groups in total. The molecule has 0 aliphatic rings. The number of hydrogen-bond acceptors (Lipinski definition) is 5. The minimum atomic E-state index is -0.589. The van der Waals surface area contributed by atoms with Crippen LogP contribution in [0.25, 0.3) is 11.0 Å². The number of aromatic amines is 1. The van der Waals surface area contributed by atoms with Crippen LogP contribution in [-0.4, -0.2) is 14.5 Å². The third-order valence-electron chi connectivity index (χ3n) is 3.28. The van der Waals surface area contributed by atoms with Gasteiger partial charge >= 0.3 is 0 Å². The average Bonchev–Trinajstić information content (AvgIpc) is 2.47. The number of hydrogen-bond donors (Lipinski definition) is 3. The van der Waals surface area contributed by atoms with E-state index >= 15 is 0 Å². The number of benzene rings is 1. The molecule has 112 valence electrons. The maximum absolute atomic E-state index is 13.9. The first-order valence-electron chi connectivity index (χ1n) is 6.37. The van der Waals surface area contributed by atoms with Crippen LogP contribution in [0.5, 0.6) is 0 Å². The SMILES string of the molecule is Cn1c(=O)cc(Nc2ccc(N)cc2F)c2c(=O)[nH]cnc21. The number of aromatic nitrogens is 3. The summed E-state index contributed by atoms with van der Waals surface area (Å²) in [4.78, 5) is 30.4. The van der Waals surface area contributed by atoms with Gasteiger partial charge in [-0.2, -0.15) is 0 Å². The van der Waals surface area contributed by atoms with Crippen molar-refractivity contribution in [2.24, 2.45) is 7.05 Å². The first-order chi connectivity index (χ1) is 10.5. The monoisotopic (exact) mass is 301 g/mol. The predicted molar refractivity (Wildman–Crippen MR) is 81.7 cm³/mol. The number of nitrogen functional groups attached to an aromatic ring is 1. The fourth-order valence-electron chi connectivity index (χ4n) is 2.16. The average molecular weight is 301 g/mol. The quantitative estimate of drug-likeness (QED) is 0.614. The maximum atomic E-state index is 13.9. The highest BCUT2D eigenvalue weighted by atomic mass is 19.1. The summed E-state index contributed by atoms with van der Waals surface area (Å²) in [5.74, 6) is -0.589. The summed E-state index contributed by atoms with van der Waals surface area (Å²) in [7, 11) is 1.50. The van der Waals surface area contributed by atoms with E-state index in [2.05, 4.69) is 15.3 Å². The van der Waals surface area contributed by atoms with Crippen molar-refractivity contribution in [3.8, 4) is 0 Å². The Hall–Kier alpha value is -3.16. The fourth-order valence-corrected chi connectivity index (χ4v) is 2.16. The second-order valence-corrected chi connectivity index (χ2v) is 4.75. The highest BCUT2D eigenvalue weighted by Crippen LogP contribution is 2.24. The second-order valence-electron chi connectivity index (χ2n) is 4.75. The van der Waals surface area contributed by atoms with Gasteiger partial charge in [0.2, 0.25) is 0 Å². The lowest BCUT2D eigenvalue weighted by Crippen LogP contribution is -2.21. The van der Waals surface area contributed by atoms with Crippen LogP contribution in [0.15, 0.2) is 40.2 Å². The zero-order valence-electron chi connectivity index (χ0n) is 11.6. The third-order valence-corrected chi connectivity index (χ3v) is 3.28. The lowest BCUT2D eigenvalue weighted by Gasteiger charge is -2.11. The number of nitrogens with one attached hydrogen (secondary N) is 2. The van der Waals surface area contributed by atoms with E-state index in [0.29, 0.717) is 0 Å². The smallest absolute Gasteiger partial charge is 0.262 e. The van der Waals surface area contributed by atoms with Crippen molar-refractivity contribution >= 4 is 28.1 Å². The van der Waals surface area contributed by atoms with Crippen molar-refractivity contribution in [2.75, 3.05) is 11.1 Å². The summed E-state index contributed by atoms with van der Waals surface area (Å²) in [5.41, 5.74) is 5.45. The van der Waals surface area contributed by atoms with Crippen molar-refractivity contribution in [3.05, 3.63) is 57.1 Å². The zero-order chi connectivity index (χ0) is 15.9. The van der Waals surface area contributed by atoms with E-state index in [1.54, 1.807) is 0 Å². The molecule has 7 nitrogen and oxygen atoms in total. The van der Waals surface area contributed by atoms with Gasteiger partial charge in [-0.1, -0.05) is 0 Å². The second kappa shape index (κ2) is 4.99. The Bertz CT molecular complexity index is 993. The minimum Gasteiger partial charge on any atom is -0.399 e. The normalized spacial score (nSPS) is 10.8. The fraction of sp³-hybridized carbons (Fsp3) is 0.0714. The van der Waals surface area contributed by atoms with Crippen LogP contribution >= 0.6 is 0 Å². The Morgan fingerprint density at radius 3 is 2.77 bits per heavy atom. The molecule has 0 bridgehead atoms. The number of anilines is 3. The molecule has 3 rings (SSSR count). The molecule has 0 amide bonds. The maximum Gasteiger partial charge on any atom is 0.262 e. The van der Waals surface area contributed by atoms with Crippen LogP contribution in [0.2, 0.25) is 0 Å². The number of nitrogens with two attached hydrogens (primary N) is 1. The van der Waals surface area contributed by atoms with Crippen molar-refractivity contribution in [2.45, 2.75) is 0 Å². The van der Waals surface area contributed by atoms with Crippen molar-refractivity contribution in [1.29, 1.82) is 0 Å². The van der Waals surface area contributed by atoms with Crippen LogP contribution in [-0.2, 0) is 7.05 Å². The van der Waals surface area contributed by atoms with E-state index in [1.165, 1.54) is 36.1 Å². The Morgan fingerprint density at radius 2 is 2.05 bits per heavy atom. The van der Waals surface area contributed by atoms with E-state index in [-0.39, 0.29) is 33.7 Å². The molecule has 0 unspecified atom stereocenters. The number of halogens is 1. The van der Waals surface area contributed by atoms with Gasteiger partial charge in [-0.05, 0) is 18.2 Å². The highest BCUT2D eigenvalue weighted by molar-refractivity contribution is 5.90. The molecule has 1 aromatic carbocycles. The van der Waals surface area contributed by atoms with Gasteiger partial charge in [0.1, 0.15) is 11.2 Å². The predicted octanol–water partition coefficient (Wildman–Crippen LogP) is 1.09. The van der Waals surface area contributed by atoms with E-state index in [1.807, 2.05) is 0 Å². The van der Waals surface area contributed by atoms with Gasteiger partial charge in [-0.15, -0.1) is 0 Å². The molecule has 0 spiro atoms. The number of pyridine rings is 1. The molecular weight excluding hydrogens is 289 g/mol. The highest BCUT2D eigenvalue weighted by Gasteiger charge is 2.13. The summed E-state index contributed by atoms with van der Waals surface area (Å²) in [6.45, 7) is 0. The molecule has 0 atom stereocenters. The molecule has 0 fully saturated rings. The topological polar surface area (TPSA) is 106 Å². The van der Waals surface area contributed by atoms with Crippen molar-refractivity contribution in [1.82, 2.24) is 14.5 Å². The standard InChI is InChI=1S/C14H12FN5O2/c1-20-11(21)5-10(12-13(20)17-6-18-14(12)22)19-9-3-2-7(16)4-8(9)15/h2-6,19H,16H2,1H3,(H,17,18,22). The lowest BCUT2D eigenvalue weighted by atomic mass is 10.2. The molecule has 0 radical (unpaired) electrons. The van der Waals surface area contributed by atoms with Gasteiger partial charge in [0.15, 0.2) is 5.65 Å². The summed E-state index contributed by atoms with van der Waals surface area (Å²) in [6, 6.07) is 5.30. The van der Waals surface area contributed by atoms with Crippen LogP contribution in [0.4, 0.5) is 21.5 Å². The van der Waals surface area contributed by atoms with Crippen LogP contribution in [0.3, 0.4) is 0 Å². The summed E-state index contributed by atoms with van der Waals surface area (Å²) in [6.07, 6.45) is 1.21. The molecule has 2 aromatic heterocycles. The number of rotatable bonds is 2. The third kappa shape index (κ3) is 2.20. The van der Waals surface area contributed by atoms with E-state index in [9.17, 15) is 14.0 Å². The van der Waals surface area contributed by atoms with Gasteiger partial charge in [0.25, 0.3) is 11.1 Å². The Balaban J connectivity index is 2.25. The summed E-state index contributed by atoms with van der Waals surface area (Å²) < 4.78 is 15.1. The molecule has 2 heterocycles. The number of nitrogens with zero attached hydrogens (tertiary/aromatic N) is 2. The largest absolute Gasteiger partial charge is 0.399 e. The van der Waals surface area contributed by atoms with E-state index < -0.39 is 11.4 Å². The number of H-pyrrole nitrogens is 1. The Morgan fingerprint density at radius 1 is 1.27 bits per heavy atom. The molecule has 0 aliphatic carbocycles. The molecule has 8 heteroatoms. The van der Waals surface area contributed by atoms with E-state index in [0.717, 1.165) is 6.07 Å². The molecular formula is C14H12FN5O2. The number of fused-ring (bicyclic) bond motifs is 1. The molecule has 0 saturated carbocycles. The minimum absolute atomic E-state index is 0.104. The lowest BCUT2D eigenvalue weighted by molar-refractivity contribution is 0.632. The summed E-state index contributed by atoms with van der Waals surface area (Å²) in [5, 5.41) is 2.91. The molecule has 0 saturated heterocycles. The van der Waals surface area contributed by atoms with Crippen molar-refractivity contribution < 1.29 is 4.39 Å². The molecule has 3 aromatic rings. The molecule has 22 heavy (non-hydrogen) atoms. The van der Waals surface area contributed by atoms with Gasteiger partial charge in [-0.3, -0.25) is 14.2 Å². The van der Waals surface area contributed by atoms with Crippen LogP contribution in [0.1, 0.15) is 0 Å². The summed E-state index contributed by atoms with van der Waals surface area (Å²) >= 11 is 0. The first kappa shape index (κ1) is 13.8. The number of aryl methyl sites for hydroxylation is 1. The van der Waals surface area contributed by atoms with Crippen molar-refractivity contribution in [3.63, 3.8) is 0 Å². The van der Waals surface area contributed by atoms with Gasteiger partial charge in [-0.25, -0.2) is 9.37 Å². The molecule has 0 aliphatic heterocycles. The Labute approximate surface area is 123 Å². The first-order valence-corrected chi connectivity index (χ1v) is 6.37. The Kier molecular flexibility index (Phi) is 3.13. The van der Waals surface area contributed by atoms with Crippen LogP contribution < -0.4 is 22.2 Å².